The van der Waals surface area contributed by atoms with Gasteiger partial charge in [-0.2, -0.15) is 0 Å². The van der Waals surface area contributed by atoms with E-state index in [1.54, 1.807) is 11.9 Å². The molecule has 0 radical (unpaired) electrons. The van der Waals surface area contributed by atoms with E-state index in [-0.39, 0.29) is 25.0 Å². The van der Waals surface area contributed by atoms with Gasteiger partial charge in [0.05, 0.1) is 6.10 Å². The molecule has 0 bridgehead atoms. The zero-order valence-corrected chi connectivity index (χ0v) is 11.0. The maximum absolute atomic E-state index is 12.3. The summed E-state index contributed by atoms with van der Waals surface area (Å²) < 4.78 is 5.25. The molecule has 2 atom stereocenters. The van der Waals surface area contributed by atoms with Gasteiger partial charge in [0.15, 0.2) is 0 Å². The number of carboxylic acid groups (broad SMARTS) is 1. The number of β-amino-alcohol motifs (C(OH)–C–C–N with tert-alkyl or cyclic N) is 1. The van der Waals surface area contributed by atoms with Crippen molar-refractivity contribution in [3.05, 3.63) is 0 Å². The first-order valence-electron chi connectivity index (χ1n) is 6.52. The van der Waals surface area contributed by atoms with Gasteiger partial charge in [0.2, 0.25) is 0 Å². The van der Waals surface area contributed by atoms with Crippen LogP contribution in [0.1, 0.15) is 19.3 Å². The van der Waals surface area contributed by atoms with Crippen LogP contribution in [0.2, 0.25) is 0 Å². The van der Waals surface area contributed by atoms with E-state index < -0.39 is 18.1 Å². The van der Waals surface area contributed by atoms with Crippen LogP contribution in [0.15, 0.2) is 0 Å². The maximum atomic E-state index is 12.3. The van der Waals surface area contributed by atoms with Gasteiger partial charge in [-0.1, -0.05) is 0 Å². The van der Waals surface area contributed by atoms with Crippen LogP contribution in [0.4, 0.5) is 4.79 Å². The van der Waals surface area contributed by atoms with Gasteiger partial charge in [-0.15, -0.1) is 0 Å². The highest BCUT2D eigenvalue weighted by Gasteiger charge is 2.41. The molecular weight excluding hydrogens is 252 g/mol. The third kappa shape index (κ3) is 2.98. The summed E-state index contributed by atoms with van der Waals surface area (Å²) >= 11 is 0. The number of hydrogen-bond acceptors (Lipinski definition) is 4. The second-order valence-electron chi connectivity index (χ2n) is 5.13. The van der Waals surface area contributed by atoms with Crippen molar-refractivity contribution in [1.82, 2.24) is 9.80 Å². The summed E-state index contributed by atoms with van der Waals surface area (Å²) in [5, 5.41) is 18.7. The molecular formula is C12H20N2O5. The van der Waals surface area contributed by atoms with Gasteiger partial charge in [0, 0.05) is 39.3 Å². The molecule has 19 heavy (non-hydrogen) atoms. The Labute approximate surface area is 111 Å². The van der Waals surface area contributed by atoms with E-state index in [4.69, 9.17) is 9.84 Å². The molecule has 0 aromatic carbocycles. The average molecular weight is 272 g/mol. The molecule has 2 N–H and O–H groups in total. The molecule has 2 unspecified atom stereocenters. The number of hydrogen-bond donors (Lipinski definition) is 2. The predicted molar refractivity (Wildman–Crippen MR) is 65.8 cm³/mol. The monoisotopic (exact) mass is 272 g/mol. The van der Waals surface area contributed by atoms with Crippen molar-refractivity contribution in [2.75, 3.05) is 26.8 Å². The highest BCUT2D eigenvalue weighted by molar-refractivity contribution is 5.83. The molecule has 2 aliphatic rings. The predicted octanol–water partition coefficient (Wildman–Crippen LogP) is -0.263. The fourth-order valence-electron chi connectivity index (χ4n) is 2.69. The fraction of sp³-hybridized carbons (Fsp3) is 0.833. The minimum atomic E-state index is -1.06. The van der Waals surface area contributed by atoms with Crippen LogP contribution in [-0.4, -0.2) is 77.0 Å². The topological polar surface area (TPSA) is 90.3 Å². The van der Waals surface area contributed by atoms with Gasteiger partial charge in [0.25, 0.3) is 0 Å². The molecule has 108 valence electrons. The molecule has 7 heteroatoms. The zero-order valence-electron chi connectivity index (χ0n) is 11.0. The third-order valence-corrected chi connectivity index (χ3v) is 3.85. The number of aliphatic hydroxyl groups excluding tert-OH is 1. The maximum Gasteiger partial charge on any atom is 0.326 e. The molecule has 0 aliphatic carbocycles. The smallest absolute Gasteiger partial charge is 0.326 e. The first-order valence-corrected chi connectivity index (χ1v) is 6.52. The van der Waals surface area contributed by atoms with Crippen LogP contribution < -0.4 is 0 Å². The Hall–Kier alpha value is -1.34. The summed E-state index contributed by atoms with van der Waals surface area (Å²) in [4.78, 5) is 26.3. The lowest BCUT2D eigenvalue weighted by Crippen LogP contribution is -2.51. The molecule has 0 saturated carbocycles. The molecule has 2 aliphatic heterocycles. The van der Waals surface area contributed by atoms with Crippen LogP contribution in [0, 0.1) is 0 Å². The second-order valence-corrected chi connectivity index (χ2v) is 5.13. The molecule has 2 heterocycles. The summed E-state index contributed by atoms with van der Waals surface area (Å²) in [6.07, 6.45) is 0.864. The number of urea groups is 1. The van der Waals surface area contributed by atoms with Gasteiger partial charge in [-0.25, -0.2) is 9.59 Å². The molecule has 2 saturated heterocycles. The summed E-state index contributed by atoms with van der Waals surface area (Å²) in [6.45, 7) is 1.32. The SMILES string of the molecule is CN(C(=O)N1CC(O)CC1C(=O)O)C1CCOCC1. The molecule has 0 spiro atoms. The van der Waals surface area contributed by atoms with E-state index in [1.165, 1.54) is 4.90 Å². The largest absolute Gasteiger partial charge is 0.480 e. The number of carbonyl (C=O) groups excluding carboxylic acids is 1. The number of ether oxygens (including phenoxy) is 1. The van der Waals surface area contributed by atoms with Gasteiger partial charge >= 0.3 is 12.0 Å². The molecule has 2 amide bonds. The zero-order chi connectivity index (χ0) is 14.0. The van der Waals surface area contributed by atoms with E-state index >= 15 is 0 Å². The van der Waals surface area contributed by atoms with Gasteiger partial charge in [-0.05, 0) is 12.8 Å². The van der Waals surface area contributed by atoms with Gasteiger partial charge < -0.3 is 24.7 Å². The van der Waals surface area contributed by atoms with E-state index in [0.29, 0.717) is 13.2 Å². The third-order valence-electron chi connectivity index (χ3n) is 3.85. The quantitative estimate of drug-likeness (QED) is 0.722. The normalized spacial score (nSPS) is 28.4. The number of aliphatic hydroxyl groups is 1. The number of carboxylic acids is 1. The lowest BCUT2D eigenvalue weighted by atomic mass is 10.1. The van der Waals surface area contributed by atoms with E-state index in [0.717, 1.165) is 12.8 Å². The summed E-state index contributed by atoms with van der Waals surface area (Å²) in [7, 11) is 1.68. The van der Waals surface area contributed by atoms with Crippen LogP contribution >= 0.6 is 0 Å². The van der Waals surface area contributed by atoms with Crippen molar-refractivity contribution in [3.63, 3.8) is 0 Å². The van der Waals surface area contributed by atoms with Crippen molar-refractivity contribution in [2.24, 2.45) is 0 Å². The number of nitrogens with zero attached hydrogens (tertiary/aromatic N) is 2. The lowest BCUT2D eigenvalue weighted by Gasteiger charge is -2.35. The van der Waals surface area contributed by atoms with Gasteiger partial charge in [-0.3, -0.25) is 0 Å². The Morgan fingerprint density at radius 2 is 1.95 bits per heavy atom. The molecule has 2 fully saturated rings. The number of carbonyl (C=O) groups is 2. The van der Waals surface area contributed by atoms with Crippen molar-refractivity contribution in [1.29, 1.82) is 0 Å². The van der Waals surface area contributed by atoms with Crippen molar-refractivity contribution in [2.45, 2.75) is 37.5 Å². The molecule has 0 aromatic rings. The molecule has 2 rings (SSSR count). The molecule has 0 aromatic heterocycles. The number of likely N-dealkylation sites (tertiary alicyclic amines) is 1. The number of amides is 2. The Kier molecular flexibility index (Phi) is 4.26. The minimum absolute atomic E-state index is 0.0773. The summed E-state index contributed by atoms with van der Waals surface area (Å²) in [6, 6.07) is -1.17. The van der Waals surface area contributed by atoms with E-state index in [9.17, 15) is 14.7 Å². The van der Waals surface area contributed by atoms with Crippen LogP contribution in [-0.2, 0) is 9.53 Å². The van der Waals surface area contributed by atoms with Crippen LogP contribution in [0.5, 0.6) is 0 Å². The standard InChI is InChI=1S/C12H20N2O5/c1-13(8-2-4-19-5-3-8)12(18)14-7-9(15)6-10(14)11(16)17/h8-10,15H,2-7H2,1H3,(H,16,17). The second kappa shape index (κ2) is 5.75. The Morgan fingerprint density at radius 3 is 2.53 bits per heavy atom. The molecule has 7 nitrogen and oxygen atoms in total. The van der Waals surface area contributed by atoms with Crippen molar-refractivity contribution < 1.29 is 24.5 Å². The average Bonchev–Trinajstić information content (AvgIpc) is 2.80. The highest BCUT2D eigenvalue weighted by Crippen LogP contribution is 2.22. The van der Waals surface area contributed by atoms with Crippen molar-refractivity contribution in [3.8, 4) is 0 Å². The minimum Gasteiger partial charge on any atom is -0.480 e. The summed E-state index contributed by atoms with van der Waals surface area (Å²) in [5.74, 6) is -1.06. The first-order chi connectivity index (χ1) is 9.00. The Balaban J connectivity index is 2.02. The van der Waals surface area contributed by atoms with Crippen LogP contribution in [0.25, 0.3) is 0 Å². The first kappa shape index (κ1) is 14.1. The number of aliphatic carboxylic acids is 1. The van der Waals surface area contributed by atoms with E-state index in [2.05, 4.69) is 0 Å². The van der Waals surface area contributed by atoms with Crippen molar-refractivity contribution >= 4 is 12.0 Å². The number of rotatable bonds is 2. The summed E-state index contributed by atoms with van der Waals surface area (Å²) in [5.41, 5.74) is 0. The van der Waals surface area contributed by atoms with Crippen LogP contribution in [0.3, 0.4) is 0 Å². The Morgan fingerprint density at radius 1 is 1.32 bits per heavy atom. The van der Waals surface area contributed by atoms with Gasteiger partial charge in [0.1, 0.15) is 6.04 Å². The highest BCUT2D eigenvalue weighted by atomic mass is 16.5. The Bertz CT molecular complexity index is 356. The lowest BCUT2D eigenvalue weighted by molar-refractivity contribution is -0.141. The fourth-order valence-corrected chi connectivity index (χ4v) is 2.69. The van der Waals surface area contributed by atoms with E-state index in [1.807, 2.05) is 0 Å².